The molecule has 0 saturated heterocycles. The Labute approximate surface area is 97.3 Å². The van der Waals surface area contributed by atoms with Gasteiger partial charge in [0.15, 0.2) is 0 Å². The van der Waals surface area contributed by atoms with Crippen molar-refractivity contribution in [3.63, 3.8) is 0 Å². The summed E-state index contributed by atoms with van der Waals surface area (Å²) < 4.78 is 13.0. The standard InChI is InChI=1S/C14H21FO/c1-10-5-7-12(15)9-11(10)6-8-13(16)14(2,3)4/h5,7,9,13,16H,6,8H2,1-4H3. The van der Waals surface area contributed by atoms with Gasteiger partial charge in [0.2, 0.25) is 0 Å². The van der Waals surface area contributed by atoms with E-state index >= 15 is 0 Å². The summed E-state index contributed by atoms with van der Waals surface area (Å²) in [7, 11) is 0. The molecule has 1 N–H and O–H groups in total. The highest BCUT2D eigenvalue weighted by molar-refractivity contribution is 5.26. The lowest BCUT2D eigenvalue weighted by molar-refractivity contribution is 0.0559. The number of aryl methyl sites for hydroxylation is 2. The van der Waals surface area contributed by atoms with Gasteiger partial charge < -0.3 is 5.11 Å². The first kappa shape index (κ1) is 13.2. The molecule has 2 heteroatoms. The molecule has 90 valence electrons. The maximum Gasteiger partial charge on any atom is 0.123 e. The molecule has 1 aromatic rings. The molecule has 0 aliphatic heterocycles. The van der Waals surface area contributed by atoms with Crippen molar-refractivity contribution in [2.45, 2.75) is 46.6 Å². The second-order valence-corrected chi connectivity index (χ2v) is 5.49. The van der Waals surface area contributed by atoms with E-state index in [9.17, 15) is 9.50 Å². The minimum absolute atomic E-state index is 0.110. The SMILES string of the molecule is Cc1ccc(F)cc1CCC(O)C(C)(C)C. The third-order valence-corrected chi connectivity index (χ3v) is 3.00. The Morgan fingerprint density at radius 3 is 2.50 bits per heavy atom. The number of hydrogen-bond donors (Lipinski definition) is 1. The Balaban J connectivity index is 2.64. The number of hydrogen-bond acceptors (Lipinski definition) is 1. The van der Waals surface area contributed by atoms with Gasteiger partial charge in [-0.3, -0.25) is 0 Å². The molecule has 0 spiro atoms. The minimum Gasteiger partial charge on any atom is -0.393 e. The summed E-state index contributed by atoms with van der Waals surface area (Å²) in [5.74, 6) is -0.203. The van der Waals surface area contributed by atoms with E-state index in [2.05, 4.69) is 0 Å². The van der Waals surface area contributed by atoms with E-state index in [1.165, 1.54) is 6.07 Å². The highest BCUT2D eigenvalue weighted by Crippen LogP contribution is 2.23. The lowest BCUT2D eigenvalue weighted by Gasteiger charge is -2.25. The molecule has 16 heavy (non-hydrogen) atoms. The summed E-state index contributed by atoms with van der Waals surface area (Å²) in [5, 5.41) is 9.91. The van der Waals surface area contributed by atoms with Crippen molar-refractivity contribution < 1.29 is 9.50 Å². The van der Waals surface area contributed by atoms with E-state index in [1.807, 2.05) is 27.7 Å². The largest absolute Gasteiger partial charge is 0.393 e. The van der Waals surface area contributed by atoms with Crippen LogP contribution in [0.25, 0.3) is 0 Å². The Morgan fingerprint density at radius 1 is 1.31 bits per heavy atom. The van der Waals surface area contributed by atoms with E-state index < -0.39 is 0 Å². The van der Waals surface area contributed by atoms with Gasteiger partial charge in [-0.05, 0) is 48.4 Å². The molecule has 0 saturated carbocycles. The van der Waals surface area contributed by atoms with Crippen molar-refractivity contribution in [2.75, 3.05) is 0 Å². The summed E-state index contributed by atoms with van der Waals surface area (Å²) >= 11 is 0. The van der Waals surface area contributed by atoms with Crippen LogP contribution in [-0.4, -0.2) is 11.2 Å². The average Bonchev–Trinajstić information content (AvgIpc) is 2.17. The first-order valence-electron chi connectivity index (χ1n) is 5.74. The zero-order valence-electron chi connectivity index (χ0n) is 10.5. The maximum atomic E-state index is 13.0. The first-order chi connectivity index (χ1) is 7.30. The quantitative estimate of drug-likeness (QED) is 0.833. The molecule has 1 nitrogen and oxygen atoms in total. The van der Waals surface area contributed by atoms with Crippen LogP contribution in [0.3, 0.4) is 0 Å². The van der Waals surface area contributed by atoms with Crippen LogP contribution < -0.4 is 0 Å². The molecule has 0 bridgehead atoms. The number of aliphatic hydroxyl groups excluding tert-OH is 1. The smallest absolute Gasteiger partial charge is 0.123 e. The van der Waals surface area contributed by atoms with Crippen LogP contribution in [0.4, 0.5) is 4.39 Å². The summed E-state index contributed by atoms with van der Waals surface area (Å²) in [6.07, 6.45) is 1.05. The molecular weight excluding hydrogens is 203 g/mol. The van der Waals surface area contributed by atoms with Gasteiger partial charge in [-0.15, -0.1) is 0 Å². The van der Waals surface area contributed by atoms with E-state index in [4.69, 9.17) is 0 Å². The topological polar surface area (TPSA) is 20.2 Å². The molecule has 0 aliphatic carbocycles. The molecule has 0 radical (unpaired) electrons. The molecular formula is C14H21FO. The van der Waals surface area contributed by atoms with Crippen molar-refractivity contribution in [3.05, 3.63) is 35.1 Å². The van der Waals surface area contributed by atoms with Crippen LogP contribution in [0.15, 0.2) is 18.2 Å². The monoisotopic (exact) mass is 224 g/mol. The Hall–Kier alpha value is -0.890. The van der Waals surface area contributed by atoms with Crippen LogP contribution in [0.2, 0.25) is 0 Å². The lowest BCUT2D eigenvalue weighted by atomic mass is 9.85. The van der Waals surface area contributed by atoms with Gasteiger partial charge >= 0.3 is 0 Å². The van der Waals surface area contributed by atoms with Gasteiger partial charge in [-0.25, -0.2) is 4.39 Å². The fourth-order valence-corrected chi connectivity index (χ4v) is 1.63. The fourth-order valence-electron chi connectivity index (χ4n) is 1.63. The Bertz CT molecular complexity index is 352. The summed E-state index contributed by atoms with van der Waals surface area (Å²) in [4.78, 5) is 0. The van der Waals surface area contributed by atoms with Gasteiger partial charge in [0.1, 0.15) is 5.82 Å². The minimum atomic E-state index is -0.352. The van der Waals surface area contributed by atoms with E-state index in [1.54, 1.807) is 12.1 Å². The molecule has 1 unspecified atom stereocenters. The van der Waals surface area contributed by atoms with Gasteiger partial charge in [-0.1, -0.05) is 26.8 Å². The van der Waals surface area contributed by atoms with Crippen molar-refractivity contribution in [3.8, 4) is 0 Å². The third-order valence-electron chi connectivity index (χ3n) is 3.00. The molecule has 1 rings (SSSR count). The zero-order chi connectivity index (χ0) is 12.3. The van der Waals surface area contributed by atoms with Crippen LogP contribution in [0, 0.1) is 18.2 Å². The lowest BCUT2D eigenvalue weighted by Crippen LogP contribution is -2.26. The maximum absolute atomic E-state index is 13.0. The summed E-state index contributed by atoms with van der Waals surface area (Å²) in [5.41, 5.74) is 1.96. The average molecular weight is 224 g/mol. The highest BCUT2D eigenvalue weighted by atomic mass is 19.1. The second kappa shape index (κ2) is 4.96. The Kier molecular flexibility index (Phi) is 4.09. The van der Waals surface area contributed by atoms with E-state index in [0.29, 0.717) is 6.42 Å². The zero-order valence-corrected chi connectivity index (χ0v) is 10.5. The molecule has 1 atom stereocenters. The fraction of sp³-hybridized carbons (Fsp3) is 0.571. The van der Waals surface area contributed by atoms with Crippen molar-refractivity contribution in [1.82, 2.24) is 0 Å². The number of rotatable bonds is 3. The van der Waals surface area contributed by atoms with Crippen LogP contribution in [-0.2, 0) is 6.42 Å². The number of halogens is 1. The summed E-state index contributed by atoms with van der Waals surface area (Å²) in [6, 6.07) is 4.82. The second-order valence-electron chi connectivity index (χ2n) is 5.49. The van der Waals surface area contributed by atoms with Gasteiger partial charge in [-0.2, -0.15) is 0 Å². The van der Waals surface area contributed by atoms with Crippen molar-refractivity contribution in [1.29, 1.82) is 0 Å². The molecule has 0 heterocycles. The van der Waals surface area contributed by atoms with Crippen molar-refractivity contribution in [2.24, 2.45) is 5.41 Å². The molecule has 0 aromatic heterocycles. The molecule has 1 aromatic carbocycles. The summed E-state index contributed by atoms with van der Waals surface area (Å²) in [6.45, 7) is 8.00. The third kappa shape index (κ3) is 3.60. The molecule has 0 fully saturated rings. The van der Waals surface area contributed by atoms with Crippen LogP contribution >= 0.6 is 0 Å². The van der Waals surface area contributed by atoms with E-state index in [-0.39, 0.29) is 17.3 Å². The molecule has 0 aliphatic rings. The predicted octanol–water partition coefficient (Wildman–Crippen LogP) is 3.47. The van der Waals surface area contributed by atoms with Crippen LogP contribution in [0.1, 0.15) is 38.3 Å². The van der Waals surface area contributed by atoms with E-state index in [0.717, 1.165) is 17.5 Å². The van der Waals surface area contributed by atoms with Gasteiger partial charge in [0.05, 0.1) is 6.10 Å². The number of aliphatic hydroxyl groups is 1. The van der Waals surface area contributed by atoms with Crippen LogP contribution in [0.5, 0.6) is 0 Å². The first-order valence-corrected chi connectivity index (χ1v) is 5.74. The predicted molar refractivity (Wildman–Crippen MR) is 64.9 cm³/mol. The highest BCUT2D eigenvalue weighted by Gasteiger charge is 2.21. The number of benzene rings is 1. The molecule has 0 amide bonds. The Morgan fingerprint density at radius 2 is 1.94 bits per heavy atom. The van der Waals surface area contributed by atoms with Gasteiger partial charge in [0.25, 0.3) is 0 Å². The normalized spacial score (nSPS) is 13.9. The van der Waals surface area contributed by atoms with Crippen molar-refractivity contribution >= 4 is 0 Å². The van der Waals surface area contributed by atoms with Gasteiger partial charge in [0, 0.05) is 0 Å².